The lowest BCUT2D eigenvalue weighted by Gasteiger charge is -2.31. The highest BCUT2D eigenvalue weighted by Gasteiger charge is 2.21. The summed E-state index contributed by atoms with van der Waals surface area (Å²) in [6, 6.07) is 7.71. The molecular formula is C20H33N. The van der Waals surface area contributed by atoms with E-state index in [1.54, 1.807) is 0 Å². The molecule has 1 aliphatic rings. The zero-order valence-corrected chi connectivity index (χ0v) is 14.6. The minimum atomic E-state index is 0.580. The van der Waals surface area contributed by atoms with Crippen molar-refractivity contribution < 1.29 is 0 Å². The molecule has 0 spiro atoms. The summed E-state index contributed by atoms with van der Waals surface area (Å²) in [7, 11) is 0. The van der Waals surface area contributed by atoms with E-state index in [-0.39, 0.29) is 0 Å². The molecule has 0 aliphatic heterocycles. The fourth-order valence-corrected chi connectivity index (χ4v) is 3.56. The third-order valence-electron chi connectivity index (χ3n) is 5.08. The fourth-order valence-electron chi connectivity index (χ4n) is 3.56. The summed E-state index contributed by atoms with van der Waals surface area (Å²) in [5.74, 6) is 2.11. The summed E-state index contributed by atoms with van der Waals surface area (Å²) < 4.78 is 0. The Morgan fingerprint density at radius 2 is 1.86 bits per heavy atom. The number of hydrogen-bond donors (Lipinski definition) is 1. The molecule has 0 amide bonds. The Labute approximate surface area is 131 Å². The number of rotatable bonds is 5. The number of benzene rings is 1. The van der Waals surface area contributed by atoms with Crippen LogP contribution in [0.4, 0.5) is 5.69 Å². The molecule has 1 N–H and O–H groups in total. The van der Waals surface area contributed by atoms with Gasteiger partial charge >= 0.3 is 0 Å². The van der Waals surface area contributed by atoms with Gasteiger partial charge in [-0.2, -0.15) is 0 Å². The van der Waals surface area contributed by atoms with Crippen molar-refractivity contribution in [3.05, 3.63) is 29.3 Å². The molecule has 2 atom stereocenters. The first kappa shape index (κ1) is 16.4. The first-order chi connectivity index (χ1) is 10.0. The Hall–Kier alpha value is -0.980. The van der Waals surface area contributed by atoms with Gasteiger partial charge in [0.2, 0.25) is 0 Å². The molecule has 2 rings (SSSR count). The third kappa shape index (κ3) is 4.25. The Morgan fingerprint density at radius 1 is 1.10 bits per heavy atom. The summed E-state index contributed by atoms with van der Waals surface area (Å²) >= 11 is 0. The van der Waals surface area contributed by atoms with Crippen LogP contribution < -0.4 is 5.32 Å². The maximum Gasteiger partial charge on any atom is 0.0377 e. The van der Waals surface area contributed by atoms with Crippen LogP contribution in [0.15, 0.2) is 18.2 Å². The molecule has 1 saturated carbocycles. The van der Waals surface area contributed by atoms with E-state index in [0.29, 0.717) is 17.9 Å². The quantitative estimate of drug-likeness (QED) is 0.668. The van der Waals surface area contributed by atoms with Gasteiger partial charge in [-0.05, 0) is 47.8 Å². The van der Waals surface area contributed by atoms with Crippen molar-refractivity contribution in [1.82, 2.24) is 0 Å². The average Bonchev–Trinajstić information content (AvgIpc) is 2.47. The lowest BCUT2D eigenvalue weighted by Crippen LogP contribution is -2.27. The molecule has 21 heavy (non-hydrogen) atoms. The molecule has 1 fully saturated rings. The van der Waals surface area contributed by atoms with Gasteiger partial charge in [0, 0.05) is 11.7 Å². The summed E-state index contributed by atoms with van der Waals surface area (Å²) in [4.78, 5) is 0. The van der Waals surface area contributed by atoms with E-state index in [4.69, 9.17) is 0 Å². The van der Waals surface area contributed by atoms with Crippen LogP contribution in [-0.4, -0.2) is 6.04 Å². The highest BCUT2D eigenvalue weighted by atomic mass is 14.9. The molecule has 1 heteroatoms. The van der Waals surface area contributed by atoms with E-state index in [1.165, 1.54) is 48.9 Å². The fraction of sp³-hybridized carbons (Fsp3) is 0.700. The van der Waals surface area contributed by atoms with Crippen LogP contribution in [0.2, 0.25) is 0 Å². The zero-order chi connectivity index (χ0) is 15.4. The second kappa shape index (κ2) is 7.33. The van der Waals surface area contributed by atoms with E-state index in [1.807, 2.05) is 0 Å². The maximum atomic E-state index is 3.86. The van der Waals surface area contributed by atoms with Gasteiger partial charge in [0.25, 0.3) is 0 Å². The molecule has 1 aromatic carbocycles. The number of hydrogen-bond acceptors (Lipinski definition) is 1. The van der Waals surface area contributed by atoms with Crippen LogP contribution in [0.25, 0.3) is 0 Å². The van der Waals surface area contributed by atoms with Crippen LogP contribution in [0.3, 0.4) is 0 Å². The SMILES string of the molecule is CCC1CCCC(Nc2ccc(C(C)C)cc2C(C)C)C1. The summed E-state index contributed by atoms with van der Waals surface area (Å²) in [5, 5.41) is 3.86. The highest BCUT2D eigenvalue weighted by Crippen LogP contribution is 2.33. The van der Waals surface area contributed by atoms with Crippen molar-refractivity contribution in [3.8, 4) is 0 Å². The van der Waals surface area contributed by atoms with E-state index in [9.17, 15) is 0 Å². The standard InChI is InChI=1S/C20H33N/c1-6-16-8-7-9-18(12-16)21-20-11-10-17(14(2)3)13-19(20)15(4)5/h10-11,13-16,18,21H,6-9,12H2,1-5H3. The van der Waals surface area contributed by atoms with E-state index in [0.717, 1.165) is 5.92 Å². The van der Waals surface area contributed by atoms with Crippen molar-refractivity contribution in [2.24, 2.45) is 5.92 Å². The van der Waals surface area contributed by atoms with Gasteiger partial charge in [-0.1, -0.05) is 66.0 Å². The first-order valence-electron chi connectivity index (χ1n) is 8.91. The summed E-state index contributed by atoms with van der Waals surface area (Å²) in [6.07, 6.45) is 6.83. The predicted molar refractivity (Wildman–Crippen MR) is 94.3 cm³/mol. The number of nitrogens with one attached hydrogen (secondary N) is 1. The molecule has 0 heterocycles. The van der Waals surface area contributed by atoms with Crippen molar-refractivity contribution in [3.63, 3.8) is 0 Å². The second-order valence-electron chi connectivity index (χ2n) is 7.44. The molecular weight excluding hydrogens is 254 g/mol. The van der Waals surface area contributed by atoms with Crippen LogP contribution in [0, 0.1) is 5.92 Å². The predicted octanol–water partition coefficient (Wildman–Crippen LogP) is 6.31. The van der Waals surface area contributed by atoms with Crippen LogP contribution in [-0.2, 0) is 0 Å². The van der Waals surface area contributed by atoms with E-state index >= 15 is 0 Å². The Balaban J connectivity index is 2.15. The molecule has 1 nitrogen and oxygen atoms in total. The second-order valence-corrected chi connectivity index (χ2v) is 7.44. The summed E-state index contributed by atoms with van der Waals surface area (Å²) in [5.41, 5.74) is 4.32. The molecule has 0 aromatic heterocycles. The van der Waals surface area contributed by atoms with Gasteiger partial charge in [0.1, 0.15) is 0 Å². The van der Waals surface area contributed by atoms with Gasteiger partial charge in [-0.25, -0.2) is 0 Å². The minimum absolute atomic E-state index is 0.580. The summed E-state index contributed by atoms with van der Waals surface area (Å²) in [6.45, 7) is 11.5. The van der Waals surface area contributed by atoms with E-state index in [2.05, 4.69) is 58.1 Å². The van der Waals surface area contributed by atoms with Crippen molar-refractivity contribution in [1.29, 1.82) is 0 Å². The molecule has 1 aromatic rings. The maximum absolute atomic E-state index is 3.86. The molecule has 1 aliphatic carbocycles. The van der Waals surface area contributed by atoms with Crippen LogP contribution in [0.1, 0.15) is 89.7 Å². The monoisotopic (exact) mass is 287 g/mol. The van der Waals surface area contributed by atoms with Crippen molar-refractivity contribution in [2.75, 3.05) is 5.32 Å². The normalized spacial score (nSPS) is 22.8. The van der Waals surface area contributed by atoms with Crippen molar-refractivity contribution >= 4 is 5.69 Å². The van der Waals surface area contributed by atoms with Gasteiger partial charge in [0.05, 0.1) is 0 Å². The smallest absolute Gasteiger partial charge is 0.0377 e. The molecule has 0 radical (unpaired) electrons. The zero-order valence-electron chi connectivity index (χ0n) is 14.6. The van der Waals surface area contributed by atoms with Gasteiger partial charge < -0.3 is 5.32 Å². The van der Waals surface area contributed by atoms with Crippen molar-refractivity contribution in [2.45, 2.75) is 84.6 Å². The highest BCUT2D eigenvalue weighted by molar-refractivity contribution is 5.55. The van der Waals surface area contributed by atoms with Crippen LogP contribution in [0.5, 0.6) is 0 Å². The third-order valence-corrected chi connectivity index (χ3v) is 5.08. The van der Waals surface area contributed by atoms with E-state index < -0.39 is 0 Å². The average molecular weight is 287 g/mol. The Bertz CT molecular complexity index is 447. The molecule has 0 bridgehead atoms. The number of anilines is 1. The Kier molecular flexibility index (Phi) is 5.72. The van der Waals surface area contributed by atoms with Gasteiger partial charge in [-0.15, -0.1) is 0 Å². The molecule has 0 saturated heterocycles. The topological polar surface area (TPSA) is 12.0 Å². The molecule has 118 valence electrons. The Morgan fingerprint density at radius 3 is 2.48 bits per heavy atom. The lowest BCUT2D eigenvalue weighted by atomic mass is 9.84. The molecule has 2 unspecified atom stereocenters. The van der Waals surface area contributed by atoms with Crippen LogP contribution >= 0.6 is 0 Å². The lowest BCUT2D eigenvalue weighted by molar-refractivity contribution is 0.327. The minimum Gasteiger partial charge on any atom is -0.382 e. The first-order valence-corrected chi connectivity index (χ1v) is 8.91. The largest absolute Gasteiger partial charge is 0.382 e. The van der Waals surface area contributed by atoms with Gasteiger partial charge in [0.15, 0.2) is 0 Å². The van der Waals surface area contributed by atoms with Gasteiger partial charge in [-0.3, -0.25) is 0 Å².